The molecule has 1 saturated heterocycles. The zero-order valence-electron chi connectivity index (χ0n) is 14.7. The molecule has 1 aliphatic heterocycles. The summed E-state index contributed by atoms with van der Waals surface area (Å²) in [6.07, 6.45) is 0.593. The number of amides is 2. The van der Waals surface area contributed by atoms with Crippen LogP contribution in [-0.4, -0.2) is 55.2 Å². The SMILES string of the molecule is C[C@@H]1CN(C(=O)CCNC(=O)CCOc2ccccc2Cl)C[C@H](C)O1. The predicted molar refractivity (Wildman–Crippen MR) is 95.8 cm³/mol. The molecule has 0 radical (unpaired) electrons. The van der Waals surface area contributed by atoms with Crippen molar-refractivity contribution in [3.8, 4) is 5.75 Å². The van der Waals surface area contributed by atoms with Crippen LogP contribution < -0.4 is 10.1 Å². The number of nitrogens with zero attached hydrogens (tertiary/aromatic N) is 1. The first-order valence-corrected chi connectivity index (χ1v) is 8.90. The number of carbonyl (C=O) groups excluding carboxylic acids is 2. The monoisotopic (exact) mass is 368 g/mol. The van der Waals surface area contributed by atoms with Gasteiger partial charge in [-0.15, -0.1) is 0 Å². The second-order valence-corrected chi connectivity index (χ2v) is 6.59. The normalized spacial score (nSPS) is 20.2. The lowest BCUT2D eigenvalue weighted by molar-refractivity contribution is -0.143. The molecule has 1 aromatic rings. The number of carbonyl (C=O) groups is 2. The van der Waals surface area contributed by atoms with E-state index in [-0.39, 0.29) is 43.5 Å². The Hall–Kier alpha value is -1.79. The quantitative estimate of drug-likeness (QED) is 0.801. The molecule has 1 N–H and O–H groups in total. The molecule has 0 aromatic heterocycles. The molecule has 2 atom stereocenters. The van der Waals surface area contributed by atoms with Crippen molar-refractivity contribution in [2.24, 2.45) is 0 Å². The number of halogens is 1. The van der Waals surface area contributed by atoms with E-state index in [2.05, 4.69) is 5.32 Å². The van der Waals surface area contributed by atoms with Crippen LogP contribution in [0.15, 0.2) is 24.3 Å². The lowest BCUT2D eigenvalue weighted by Gasteiger charge is -2.35. The van der Waals surface area contributed by atoms with Gasteiger partial charge in [0, 0.05) is 26.1 Å². The third-order valence-electron chi connectivity index (χ3n) is 3.86. The molecule has 0 saturated carbocycles. The highest BCUT2D eigenvalue weighted by Gasteiger charge is 2.25. The number of morpholine rings is 1. The minimum absolute atomic E-state index is 0.0367. The highest BCUT2D eigenvalue weighted by Crippen LogP contribution is 2.23. The fraction of sp³-hybridized carbons (Fsp3) is 0.556. The number of para-hydroxylation sites is 1. The summed E-state index contributed by atoms with van der Waals surface area (Å²) in [5.74, 6) is 0.445. The van der Waals surface area contributed by atoms with Gasteiger partial charge in [0.1, 0.15) is 5.75 Å². The third kappa shape index (κ3) is 6.55. The molecular formula is C18H25ClN2O4. The smallest absolute Gasteiger partial charge is 0.224 e. The highest BCUT2D eigenvalue weighted by molar-refractivity contribution is 6.32. The predicted octanol–water partition coefficient (Wildman–Crippen LogP) is 2.25. The Morgan fingerprint density at radius 2 is 1.92 bits per heavy atom. The van der Waals surface area contributed by atoms with Crippen LogP contribution in [0.3, 0.4) is 0 Å². The Morgan fingerprint density at radius 3 is 2.60 bits per heavy atom. The largest absolute Gasteiger partial charge is 0.491 e. The molecule has 138 valence electrons. The van der Waals surface area contributed by atoms with Gasteiger partial charge in [0.25, 0.3) is 0 Å². The molecule has 1 aromatic carbocycles. The van der Waals surface area contributed by atoms with Crippen LogP contribution in [0.2, 0.25) is 5.02 Å². The van der Waals surface area contributed by atoms with Crippen molar-refractivity contribution in [2.45, 2.75) is 38.9 Å². The molecule has 0 spiro atoms. The van der Waals surface area contributed by atoms with Gasteiger partial charge in [-0.3, -0.25) is 9.59 Å². The first-order valence-electron chi connectivity index (χ1n) is 8.53. The molecule has 7 heteroatoms. The van der Waals surface area contributed by atoms with Crippen LogP contribution in [0.25, 0.3) is 0 Å². The highest BCUT2D eigenvalue weighted by atomic mass is 35.5. The Labute approximate surface area is 153 Å². The average molecular weight is 369 g/mol. The van der Waals surface area contributed by atoms with Gasteiger partial charge in [0.05, 0.1) is 30.3 Å². The molecule has 6 nitrogen and oxygen atoms in total. The van der Waals surface area contributed by atoms with Crippen LogP contribution in [-0.2, 0) is 14.3 Å². The summed E-state index contributed by atoms with van der Waals surface area (Å²) in [5, 5.41) is 3.26. The van der Waals surface area contributed by atoms with Crippen LogP contribution >= 0.6 is 11.6 Å². The van der Waals surface area contributed by atoms with E-state index in [4.69, 9.17) is 21.1 Å². The lowest BCUT2D eigenvalue weighted by Crippen LogP contribution is -2.48. The van der Waals surface area contributed by atoms with Crippen LogP contribution in [0.4, 0.5) is 0 Å². The first-order chi connectivity index (χ1) is 12.0. The summed E-state index contributed by atoms with van der Waals surface area (Å²) < 4.78 is 11.1. The van der Waals surface area contributed by atoms with E-state index in [0.717, 1.165) is 0 Å². The van der Waals surface area contributed by atoms with E-state index in [1.807, 2.05) is 26.0 Å². The maximum Gasteiger partial charge on any atom is 0.224 e. The molecule has 0 bridgehead atoms. The van der Waals surface area contributed by atoms with Gasteiger partial charge in [-0.2, -0.15) is 0 Å². The molecule has 1 aliphatic rings. The number of ether oxygens (including phenoxy) is 2. The van der Waals surface area contributed by atoms with Gasteiger partial charge < -0.3 is 19.7 Å². The Kier molecular flexibility index (Phi) is 7.52. The topological polar surface area (TPSA) is 67.9 Å². The summed E-state index contributed by atoms with van der Waals surface area (Å²) in [5.41, 5.74) is 0. The van der Waals surface area contributed by atoms with Crippen molar-refractivity contribution < 1.29 is 19.1 Å². The van der Waals surface area contributed by atoms with E-state index in [1.54, 1.807) is 17.0 Å². The van der Waals surface area contributed by atoms with Gasteiger partial charge in [0.15, 0.2) is 0 Å². The van der Waals surface area contributed by atoms with Gasteiger partial charge in [-0.25, -0.2) is 0 Å². The van der Waals surface area contributed by atoms with E-state index >= 15 is 0 Å². The fourth-order valence-electron chi connectivity index (χ4n) is 2.75. The van der Waals surface area contributed by atoms with Gasteiger partial charge in [0.2, 0.25) is 11.8 Å². The summed E-state index contributed by atoms with van der Waals surface area (Å²) in [4.78, 5) is 25.8. The van der Waals surface area contributed by atoms with Crippen LogP contribution in [0, 0.1) is 0 Å². The van der Waals surface area contributed by atoms with E-state index in [1.165, 1.54) is 0 Å². The summed E-state index contributed by atoms with van der Waals surface area (Å²) in [6, 6.07) is 7.12. The Morgan fingerprint density at radius 1 is 1.24 bits per heavy atom. The molecule has 0 aliphatic carbocycles. The summed E-state index contributed by atoms with van der Waals surface area (Å²) >= 11 is 5.98. The van der Waals surface area contributed by atoms with E-state index in [9.17, 15) is 9.59 Å². The Bertz CT molecular complexity index is 586. The maximum absolute atomic E-state index is 12.2. The molecule has 25 heavy (non-hydrogen) atoms. The van der Waals surface area contributed by atoms with Crippen LogP contribution in [0.1, 0.15) is 26.7 Å². The van der Waals surface area contributed by atoms with Crippen molar-refractivity contribution in [1.82, 2.24) is 10.2 Å². The molecular weight excluding hydrogens is 344 g/mol. The van der Waals surface area contributed by atoms with Crippen molar-refractivity contribution in [3.05, 3.63) is 29.3 Å². The molecule has 2 amide bonds. The van der Waals surface area contributed by atoms with E-state index in [0.29, 0.717) is 30.4 Å². The molecule has 0 unspecified atom stereocenters. The second-order valence-electron chi connectivity index (χ2n) is 6.18. The van der Waals surface area contributed by atoms with Gasteiger partial charge >= 0.3 is 0 Å². The summed E-state index contributed by atoms with van der Waals surface area (Å²) in [7, 11) is 0. The zero-order chi connectivity index (χ0) is 18.2. The molecule has 2 rings (SSSR count). The average Bonchev–Trinajstić information content (AvgIpc) is 2.55. The van der Waals surface area contributed by atoms with Gasteiger partial charge in [-0.1, -0.05) is 23.7 Å². The minimum atomic E-state index is -0.149. The number of rotatable bonds is 7. The third-order valence-corrected chi connectivity index (χ3v) is 4.17. The van der Waals surface area contributed by atoms with Crippen molar-refractivity contribution >= 4 is 23.4 Å². The van der Waals surface area contributed by atoms with Gasteiger partial charge in [-0.05, 0) is 26.0 Å². The summed E-state index contributed by atoms with van der Waals surface area (Å²) in [6.45, 7) is 5.67. The first kappa shape index (κ1) is 19.5. The fourth-order valence-corrected chi connectivity index (χ4v) is 2.94. The van der Waals surface area contributed by atoms with Crippen molar-refractivity contribution in [1.29, 1.82) is 0 Å². The van der Waals surface area contributed by atoms with Crippen LogP contribution in [0.5, 0.6) is 5.75 Å². The maximum atomic E-state index is 12.2. The number of hydrogen-bond donors (Lipinski definition) is 1. The van der Waals surface area contributed by atoms with E-state index < -0.39 is 0 Å². The zero-order valence-corrected chi connectivity index (χ0v) is 15.4. The Balaban J connectivity index is 1.62. The number of hydrogen-bond acceptors (Lipinski definition) is 4. The number of nitrogens with one attached hydrogen (secondary N) is 1. The standard InChI is InChI=1S/C18H25ClN2O4/c1-13-11-21(12-14(2)25-13)18(23)7-9-20-17(22)8-10-24-16-6-4-3-5-15(16)19/h3-6,13-14H,7-12H2,1-2H3,(H,20,22)/t13-,14+. The van der Waals surface area contributed by atoms with Crippen molar-refractivity contribution in [3.63, 3.8) is 0 Å². The second kappa shape index (κ2) is 9.63. The van der Waals surface area contributed by atoms with Crippen molar-refractivity contribution in [2.75, 3.05) is 26.2 Å². The number of benzene rings is 1. The molecule has 1 fully saturated rings. The lowest BCUT2D eigenvalue weighted by atomic mass is 10.2. The molecule has 1 heterocycles. The minimum Gasteiger partial charge on any atom is -0.491 e.